The Hall–Kier alpha value is -2.97. The van der Waals surface area contributed by atoms with E-state index in [4.69, 9.17) is 11.6 Å². The summed E-state index contributed by atoms with van der Waals surface area (Å²) in [5.41, 5.74) is 1.22. The molecule has 0 saturated carbocycles. The molecule has 1 amide bonds. The second-order valence-corrected chi connectivity index (χ2v) is 8.29. The zero-order chi connectivity index (χ0) is 21.2. The summed E-state index contributed by atoms with van der Waals surface area (Å²) in [5, 5.41) is 2.15. The highest BCUT2D eigenvalue weighted by atomic mass is 35.5. The standard InChI is InChI=1S/C20H15ClF2N2O3S/c1-12-2-8-18(23)19(10-12)24-20(26)13-3-5-14(6-4-13)25-29(27,28)15-7-9-17(22)16(21)11-15/h2-11,25H,1H3,(H,24,26). The van der Waals surface area contributed by atoms with Gasteiger partial charge in [0.1, 0.15) is 11.6 Å². The van der Waals surface area contributed by atoms with E-state index in [2.05, 4.69) is 10.0 Å². The van der Waals surface area contributed by atoms with E-state index in [1.54, 1.807) is 13.0 Å². The molecule has 0 fully saturated rings. The quantitative estimate of drug-likeness (QED) is 0.592. The highest BCUT2D eigenvalue weighted by molar-refractivity contribution is 7.92. The Morgan fingerprint density at radius 3 is 2.24 bits per heavy atom. The summed E-state index contributed by atoms with van der Waals surface area (Å²) in [4.78, 5) is 12.1. The average molecular weight is 437 g/mol. The number of carbonyl (C=O) groups is 1. The third kappa shape index (κ3) is 4.90. The smallest absolute Gasteiger partial charge is 0.261 e. The number of nitrogens with one attached hydrogen (secondary N) is 2. The monoisotopic (exact) mass is 436 g/mol. The fourth-order valence-electron chi connectivity index (χ4n) is 2.48. The minimum Gasteiger partial charge on any atom is -0.319 e. The van der Waals surface area contributed by atoms with Crippen molar-refractivity contribution in [3.8, 4) is 0 Å². The van der Waals surface area contributed by atoms with Crippen LogP contribution in [0, 0.1) is 18.6 Å². The molecule has 0 aliphatic carbocycles. The second-order valence-electron chi connectivity index (χ2n) is 6.20. The first-order valence-electron chi connectivity index (χ1n) is 8.31. The molecule has 0 bridgehead atoms. The van der Waals surface area contributed by atoms with E-state index in [1.807, 2.05) is 0 Å². The number of anilines is 2. The van der Waals surface area contributed by atoms with Crippen molar-refractivity contribution in [2.24, 2.45) is 0 Å². The third-order valence-electron chi connectivity index (χ3n) is 3.97. The minimum atomic E-state index is -4.00. The van der Waals surface area contributed by atoms with Crippen molar-refractivity contribution >= 4 is 38.9 Å². The molecule has 0 saturated heterocycles. The number of halogens is 3. The molecule has 0 radical (unpaired) electrons. The van der Waals surface area contributed by atoms with Crippen molar-refractivity contribution < 1.29 is 22.0 Å². The van der Waals surface area contributed by atoms with Crippen molar-refractivity contribution in [1.82, 2.24) is 0 Å². The molecule has 0 unspecified atom stereocenters. The van der Waals surface area contributed by atoms with Gasteiger partial charge in [0, 0.05) is 11.3 Å². The van der Waals surface area contributed by atoms with E-state index in [0.717, 1.165) is 23.8 Å². The summed E-state index contributed by atoms with van der Waals surface area (Å²) in [5.74, 6) is -1.84. The van der Waals surface area contributed by atoms with E-state index in [0.29, 0.717) is 0 Å². The van der Waals surface area contributed by atoms with Crippen LogP contribution < -0.4 is 10.0 Å². The topological polar surface area (TPSA) is 75.3 Å². The van der Waals surface area contributed by atoms with Gasteiger partial charge in [-0.05, 0) is 67.1 Å². The van der Waals surface area contributed by atoms with Crippen LogP contribution >= 0.6 is 11.6 Å². The van der Waals surface area contributed by atoms with E-state index in [1.165, 1.54) is 36.4 Å². The summed E-state index contributed by atoms with van der Waals surface area (Å²) in [6.45, 7) is 1.77. The molecule has 0 aliphatic heterocycles. The zero-order valence-electron chi connectivity index (χ0n) is 15.0. The molecule has 9 heteroatoms. The number of rotatable bonds is 5. The summed E-state index contributed by atoms with van der Waals surface area (Å²) in [6.07, 6.45) is 0. The molecular weight excluding hydrogens is 422 g/mol. The van der Waals surface area contributed by atoms with E-state index in [-0.39, 0.29) is 26.9 Å². The van der Waals surface area contributed by atoms with Gasteiger partial charge >= 0.3 is 0 Å². The molecule has 5 nitrogen and oxygen atoms in total. The molecular formula is C20H15ClF2N2O3S. The summed E-state index contributed by atoms with van der Waals surface area (Å²) in [7, 11) is -4.00. The molecule has 0 atom stereocenters. The third-order valence-corrected chi connectivity index (χ3v) is 5.64. The number of amides is 1. The lowest BCUT2D eigenvalue weighted by atomic mass is 10.1. The van der Waals surface area contributed by atoms with Gasteiger partial charge in [-0.2, -0.15) is 0 Å². The Morgan fingerprint density at radius 1 is 0.931 bits per heavy atom. The second kappa shape index (κ2) is 8.18. The molecule has 0 spiro atoms. The number of benzene rings is 3. The highest BCUT2D eigenvalue weighted by Crippen LogP contribution is 2.22. The van der Waals surface area contributed by atoms with Gasteiger partial charge in [0.2, 0.25) is 0 Å². The van der Waals surface area contributed by atoms with Crippen molar-refractivity contribution in [3.05, 3.63) is 88.4 Å². The lowest BCUT2D eigenvalue weighted by molar-refractivity contribution is 0.102. The maximum absolute atomic E-state index is 13.8. The molecule has 3 aromatic rings. The van der Waals surface area contributed by atoms with Crippen molar-refractivity contribution in [2.45, 2.75) is 11.8 Å². The van der Waals surface area contributed by atoms with Crippen LogP contribution in [0.4, 0.5) is 20.2 Å². The van der Waals surface area contributed by atoms with Crippen LogP contribution in [0.15, 0.2) is 65.6 Å². The first-order valence-corrected chi connectivity index (χ1v) is 10.2. The summed E-state index contributed by atoms with van der Waals surface area (Å²) >= 11 is 5.63. The largest absolute Gasteiger partial charge is 0.319 e. The molecule has 3 rings (SSSR count). The normalized spacial score (nSPS) is 11.2. The van der Waals surface area contributed by atoms with E-state index >= 15 is 0 Å². The Kier molecular flexibility index (Phi) is 5.86. The number of carbonyl (C=O) groups excluding carboxylic acids is 1. The van der Waals surface area contributed by atoms with Crippen LogP contribution in [-0.2, 0) is 10.0 Å². The molecule has 0 heterocycles. The molecule has 3 aromatic carbocycles. The van der Waals surface area contributed by atoms with Gasteiger partial charge in [-0.15, -0.1) is 0 Å². The molecule has 2 N–H and O–H groups in total. The average Bonchev–Trinajstić information content (AvgIpc) is 2.67. The van der Waals surface area contributed by atoms with Crippen molar-refractivity contribution in [1.29, 1.82) is 0 Å². The van der Waals surface area contributed by atoms with Gasteiger partial charge < -0.3 is 5.32 Å². The molecule has 0 aromatic heterocycles. The zero-order valence-corrected chi connectivity index (χ0v) is 16.6. The van der Waals surface area contributed by atoms with Gasteiger partial charge in [-0.3, -0.25) is 9.52 Å². The van der Waals surface area contributed by atoms with Gasteiger partial charge in [-0.25, -0.2) is 17.2 Å². The van der Waals surface area contributed by atoms with Crippen LogP contribution in [0.5, 0.6) is 0 Å². The lowest BCUT2D eigenvalue weighted by Crippen LogP contribution is -2.15. The van der Waals surface area contributed by atoms with Crippen LogP contribution in [-0.4, -0.2) is 14.3 Å². The van der Waals surface area contributed by atoms with Crippen LogP contribution in [0.2, 0.25) is 5.02 Å². The number of sulfonamides is 1. The highest BCUT2D eigenvalue weighted by Gasteiger charge is 2.17. The summed E-state index contributed by atoms with van der Waals surface area (Å²) in [6, 6.07) is 12.9. The van der Waals surface area contributed by atoms with Crippen LogP contribution in [0.1, 0.15) is 15.9 Å². The van der Waals surface area contributed by atoms with Gasteiger partial charge in [0.25, 0.3) is 15.9 Å². The van der Waals surface area contributed by atoms with Crippen molar-refractivity contribution in [2.75, 3.05) is 10.0 Å². The Balaban J connectivity index is 1.75. The van der Waals surface area contributed by atoms with Gasteiger partial charge in [0.05, 0.1) is 15.6 Å². The lowest BCUT2D eigenvalue weighted by Gasteiger charge is -2.10. The fourth-order valence-corrected chi connectivity index (χ4v) is 3.81. The van der Waals surface area contributed by atoms with E-state index in [9.17, 15) is 22.0 Å². The minimum absolute atomic E-state index is 0.0490. The first kappa shape index (κ1) is 20.8. The Bertz CT molecular complexity index is 1180. The van der Waals surface area contributed by atoms with Gasteiger partial charge in [-0.1, -0.05) is 17.7 Å². The van der Waals surface area contributed by atoms with E-state index < -0.39 is 27.6 Å². The predicted molar refractivity (Wildman–Crippen MR) is 108 cm³/mol. The maximum Gasteiger partial charge on any atom is 0.261 e. The Labute approximate surface area is 171 Å². The van der Waals surface area contributed by atoms with Crippen LogP contribution in [0.3, 0.4) is 0 Å². The van der Waals surface area contributed by atoms with Crippen LogP contribution in [0.25, 0.3) is 0 Å². The molecule has 0 aliphatic rings. The van der Waals surface area contributed by atoms with Crippen molar-refractivity contribution in [3.63, 3.8) is 0 Å². The number of hydrogen-bond acceptors (Lipinski definition) is 3. The SMILES string of the molecule is Cc1ccc(F)c(NC(=O)c2ccc(NS(=O)(=O)c3ccc(F)c(Cl)c3)cc2)c1. The Morgan fingerprint density at radius 2 is 1.59 bits per heavy atom. The van der Waals surface area contributed by atoms with Gasteiger partial charge in [0.15, 0.2) is 0 Å². The maximum atomic E-state index is 13.8. The fraction of sp³-hybridized carbons (Fsp3) is 0.0500. The summed E-state index contributed by atoms with van der Waals surface area (Å²) < 4.78 is 54.1. The predicted octanol–water partition coefficient (Wildman–Crippen LogP) is 4.98. The molecule has 29 heavy (non-hydrogen) atoms. The molecule has 150 valence electrons. The number of hydrogen-bond donors (Lipinski definition) is 2. The number of aryl methyl sites for hydroxylation is 1. The first-order chi connectivity index (χ1) is 13.7.